The summed E-state index contributed by atoms with van der Waals surface area (Å²) in [5, 5.41) is 13.7. The van der Waals surface area contributed by atoms with Gasteiger partial charge in [-0.1, -0.05) is 29.3 Å². The average molecular weight is 358 g/mol. The summed E-state index contributed by atoms with van der Waals surface area (Å²) in [5.41, 5.74) is 0.570. The number of aromatic hydroxyl groups is 1. The van der Waals surface area contributed by atoms with Crippen LogP contribution in [0.15, 0.2) is 29.2 Å². The molecule has 0 unspecified atom stereocenters. The van der Waals surface area contributed by atoms with Crippen molar-refractivity contribution in [2.75, 3.05) is 19.7 Å². The second-order valence-electron chi connectivity index (χ2n) is 5.53. The third-order valence-electron chi connectivity index (χ3n) is 3.89. The maximum Gasteiger partial charge on any atom is 0.328 e. The number of hydrogen-bond donors (Lipinski definition) is 3. The van der Waals surface area contributed by atoms with Crippen molar-refractivity contribution in [3.63, 3.8) is 0 Å². The zero-order valence-corrected chi connectivity index (χ0v) is 13.8. The van der Waals surface area contributed by atoms with Crippen LogP contribution in [0.4, 0.5) is 0 Å². The van der Waals surface area contributed by atoms with E-state index in [2.05, 4.69) is 10.3 Å². The molecule has 2 heterocycles. The van der Waals surface area contributed by atoms with Crippen LogP contribution in [-0.2, 0) is 11.3 Å². The van der Waals surface area contributed by atoms with Crippen LogP contribution < -0.4 is 11.0 Å². The van der Waals surface area contributed by atoms with Crippen molar-refractivity contribution >= 4 is 23.2 Å². The van der Waals surface area contributed by atoms with Gasteiger partial charge in [0.2, 0.25) is 5.88 Å². The van der Waals surface area contributed by atoms with E-state index in [-0.39, 0.29) is 23.6 Å². The van der Waals surface area contributed by atoms with E-state index in [0.29, 0.717) is 29.7 Å². The van der Waals surface area contributed by atoms with Crippen molar-refractivity contribution in [1.29, 1.82) is 0 Å². The Morgan fingerprint density at radius 1 is 1.35 bits per heavy atom. The van der Waals surface area contributed by atoms with Crippen LogP contribution in [0.2, 0.25) is 10.0 Å². The molecule has 1 aromatic heterocycles. The highest BCUT2D eigenvalue weighted by Crippen LogP contribution is 2.32. The fourth-order valence-electron chi connectivity index (χ4n) is 2.81. The Kier molecular flexibility index (Phi) is 4.96. The molecule has 1 fully saturated rings. The molecule has 3 rings (SSSR count). The van der Waals surface area contributed by atoms with Gasteiger partial charge in [0.25, 0.3) is 0 Å². The molecule has 6 nitrogen and oxygen atoms in total. The maximum absolute atomic E-state index is 11.8. The first-order chi connectivity index (χ1) is 11.0. The van der Waals surface area contributed by atoms with Gasteiger partial charge in [-0.3, -0.25) is 9.55 Å². The SMILES string of the molecule is O=c1[nH]c(O)cn1C[C@@H]1CNCCO[C@H]1c1ccc(Cl)c(Cl)c1. The number of aromatic nitrogens is 2. The van der Waals surface area contributed by atoms with Crippen molar-refractivity contribution in [2.24, 2.45) is 5.92 Å². The maximum atomic E-state index is 11.8. The zero-order valence-electron chi connectivity index (χ0n) is 12.3. The van der Waals surface area contributed by atoms with Crippen LogP contribution in [0.5, 0.6) is 5.88 Å². The van der Waals surface area contributed by atoms with E-state index >= 15 is 0 Å². The Balaban J connectivity index is 1.89. The molecule has 1 aliphatic rings. The standard InChI is InChI=1S/C15H17Cl2N3O3/c16-11-2-1-9(5-12(11)17)14-10(6-18-3-4-23-14)7-20-8-13(21)19-15(20)22/h1-2,5,8,10,14,18,21H,3-4,6-7H2,(H,19,22)/t10-,14-/m0/s1. The largest absolute Gasteiger partial charge is 0.493 e. The van der Waals surface area contributed by atoms with Gasteiger partial charge in [-0.15, -0.1) is 0 Å². The molecule has 0 radical (unpaired) electrons. The summed E-state index contributed by atoms with van der Waals surface area (Å²) in [7, 11) is 0. The molecule has 124 valence electrons. The fourth-order valence-corrected chi connectivity index (χ4v) is 3.12. The van der Waals surface area contributed by atoms with Crippen LogP contribution in [-0.4, -0.2) is 34.4 Å². The number of hydrogen-bond acceptors (Lipinski definition) is 4. The number of rotatable bonds is 3. The molecule has 8 heteroatoms. The topological polar surface area (TPSA) is 79.3 Å². The number of benzene rings is 1. The molecule has 0 saturated carbocycles. The van der Waals surface area contributed by atoms with Crippen molar-refractivity contribution in [3.05, 3.63) is 50.5 Å². The summed E-state index contributed by atoms with van der Waals surface area (Å²) in [6, 6.07) is 5.42. The van der Waals surface area contributed by atoms with Gasteiger partial charge >= 0.3 is 5.69 Å². The number of aromatic amines is 1. The molecule has 2 atom stereocenters. The Bertz CT molecular complexity index is 744. The summed E-state index contributed by atoms with van der Waals surface area (Å²) < 4.78 is 7.41. The number of nitrogens with one attached hydrogen (secondary N) is 2. The molecular formula is C15H17Cl2N3O3. The monoisotopic (exact) mass is 357 g/mol. The summed E-state index contributed by atoms with van der Waals surface area (Å²) in [6.07, 6.45) is 1.17. The van der Waals surface area contributed by atoms with Crippen molar-refractivity contribution in [2.45, 2.75) is 12.6 Å². The van der Waals surface area contributed by atoms with Gasteiger partial charge < -0.3 is 15.2 Å². The number of nitrogens with zero attached hydrogens (tertiary/aromatic N) is 1. The minimum atomic E-state index is -0.348. The van der Waals surface area contributed by atoms with Crippen molar-refractivity contribution in [3.8, 4) is 5.88 Å². The molecule has 0 amide bonds. The second-order valence-corrected chi connectivity index (χ2v) is 6.34. The quantitative estimate of drug-likeness (QED) is 0.786. The minimum absolute atomic E-state index is 0.00245. The van der Waals surface area contributed by atoms with Gasteiger partial charge in [0.1, 0.15) is 0 Å². The predicted molar refractivity (Wildman–Crippen MR) is 88.2 cm³/mol. The van der Waals surface area contributed by atoms with Gasteiger partial charge in [0.05, 0.1) is 29.0 Å². The highest BCUT2D eigenvalue weighted by molar-refractivity contribution is 6.42. The number of H-pyrrole nitrogens is 1. The third-order valence-corrected chi connectivity index (χ3v) is 4.63. The smallest absolute Gasteiger partial charge is 0.328 e. The molecule has 2 aromatic rings. The van der Waals surface area contributed by atoms with Crippen LogP contribution in [0.3, 0.4) is 0 Å². The van der Waals surface area contributed by atoms with Crippen LogP contribution >= 0.6 is 23.2 Å². The normalized spacial score (nSPS) is 22.0. The first-order valence-electron chi connectivity index (χ1n) is 7.30. The minimum Gasteiger partial charge on any atom is -0.493 e. The Labute approximate surface area is 143 Å². The predicted octanol–water partition coefficient (Wildman–Crippen LogP) is 2.17. The van der Waals surface area contributed by atoms with Crippen molar-refractivity contribution in [1.82, 2.24) is 14.9 Å². The van der Waals surface area contributed by atoms with Gasteiger partial charge in [-0.05, 0) is 17.7 Å². The molecule has 1 saturated heterocycles. The van der Waals surface area contributed by atoms with E-state index in [1.54, 1.807) is 12.1 Å². The fraction of sp³-hybridized carbons (Fsp3) is 0.400. The highest BCUT2D eigenvalue weighted by Gasteiger charge is 2.27. The lowest BCUT2D eigenvalue weighted by Crippen LogP contribution is -2.31. The lowest BCUT2D eigenvalue weighted by Gasteiger charge is -2.25. The summed E-state index contributed by atoms with van der Waals surface area (Å²) in [6.45, 7) is 2.40. The summed E-state index contributed by atoms with van der Waals surface area (Å²) >= 11 is 12.1. The summed E-state index contributed by atoms with van der Waals surface area (Å²) in [4.78, 5) is 14.1. The first kappa shape index (κ1) is 16.4. The lowest BCUT2D eigenvalue weighted by atomic mass is 9.95. The van der Waals surface area contributed by atoms with Crippen molar-refractivity contribution < 1.29 is 9.84 Å². The molecular weight excluding hydrogens is 341 g/mol. The van der Waals surface area contributed by atoms with Crippen LogP contribution in [0.1, 0.15) is 11.7 Å². The van der Waals surface area contributed by atoms with Gasteiger partial charge in [0.15, 0.2) is 0 Å². The molecule has 23 heavy (non-hydrogen) atoms. The van der Waals surface area contributed by atoms with E-state index < -0.39 is 0 Å². The molecule has 0 bridgehead atoms. The van der Waals surface area contributed by atoms with E-state index in [4.69, 9.17) is 27.9 Å². The first-order valence-corrected chi connectivity index (χ1v) is 8.06. The number of ether oxygens (including phenoxy) is 1. The third kappa shape index (κ3) is 3.72. The van der Waals surface area contributed by atoms with Gasteiger partial charge in [-0.2, -0.15) is 0 Å². The van der Waals surface area contributed by atoms with E-state index in [1.807, 2.05) is 6.07 Å². The number of halogens is 2. The lowest BCUT2D eigenvalue weighted by molar-refractivity contribution is 0.0251. The van der Waals surface area contributed by atoms with E-state index in [1.165, 1.54) is 10.8 Å². The molecule has 1 aromatic carbocycles. The van der Waals surface area contributed by atoms with Crippen LogP contribution in [0.25, 0.3) is 0 Å². The molecule has 0 spiro atoms. The Hall–Kier alpha value is -1.47. The van der Waals surface area contributed by atoms with Gasteiger partial charge in [0, 0.05) is 25.6 Å². The number of imidazole rings is 1. The van der Waals surface area contributed by atoms with Gasteiger partial charge in [-0.25, -0.2) is 4.79 Å². The summed E-state index contributed by atoms with van der Waals surface area (Å²) in [5.74, 6) is -0.147. The highest BCUT2D eigenvalue weighted by atomic mass is 35.5. The van der Waals surface area contributed by atoms with Crippen LogP contribution in [0, 0.1) is 5.92 Å². The average Bonchev–Trinajstić information content (AvgIpc) is 2.71. The molecule has 1 aliphatic heterocycles. The second kappa shape index (κ2) is 6.97. The molecule has 3 N–H and O–H groups in total. The Morgan fingerprint density at radius 2 is 2.17 bits per heavy atom. The van der Waals surface area contributed by atoms with E-state index in [9.17, 15) is 9.90 Å². The zero-order chi connectivity index (χ0) is 16.4. The Morgan fingerprint density at radius 3 is 2.87 bits per heavy atom. The molecule has 0 aliphatic carbocycles. The van der Waals surface area contributed by atoms with E-state index in [0.717, 1.165) is 12.1 Å².